The van der Waals surface area contributed by atoms with Gasteiger partial charge in [0, 0.05) is 6.42 Å². The Labute approximate surface area is 124 Å². The number of rotatable bonds is 8. The lowest BCUT2D eigenvalue weighted by atomic mass is 10.1. The fraction of sp³-hybridized carbons (Fsp3) is 0.467. The van der Waals surface area contributed by atoms with Gasteiger partial charge in [-0.2, -0.15) is 0 Å². The summed E-state index contributed by atoms with van der Waals surface area (Å²) in [7, 11) is 0. The van der Waals surface area contributed by atoms with E-state index in [1.807, 2.05) is 6.07 Å². The standard InChI is InChI=1S/C15H22N2O4/c1-3-20-14(18)10-9-13(15(19)21-4-2)17-12-8-6-5-7-11(12)16/h5-8,13,17H,3-4,9-10,16H2,1-2H3/t13-/m1/s1. The van der Waals surface area contributed by atoms with Gasteiger partial charge in [0.2, 0.25) is 0 Å². The fourth-order valence-electron chi connectivity index (χ4n) is 1.80. The zero-order valence-corrected chi connectivity index (χ0v) is 12.4. The van der Waals surface area contributed by atoms with Crippen molar-refractivity contribution in [2.75, 3.05) is 24.3 Å². The summed E-state index contributed by atoms with van der Waals surface area (Å²) in [5.74, 6) is -0.750. The Hall–Kier alpha value is -2.24. The topological polar surface area (TPSA) is 90.6 Å². The van der Waals surface area contributed by atoms with Gasteiger partial charge in [0.15, 0.2) is 0 Å². The molecular weight excluding hydrogens is 272 g/mol. The Morgan fingerprint density at radius 3 is 2.48 bits per heavy atom. The molecule has 1 aromatic carbocycles. The van der Waals surface area contributed by atoms with Crippen LogP contribution < -0.4 is 11.1 Å². The number of anilines is 2. The SMILES string of the molecule is CCOC(=O)CC[C@@H](Nc1ccccc1N)C(=O)OCC. The van der Waals surface area contributed by atoms with Crippen molar-refractivity contribution in [3.05, 3.63) is 24.3 Å². The van der Waals surface area contributed by atoms with Crippen LogP contribution in [0.3, 0.4) is 0 Å². The summed E-state index contributed by atoms with van der Waals surface area (Å²) in [6.07, 6.45) is 0.420. The van der Waals surface area contributed by atoms with Gasteiger partial charge >= 0.3 is 11.9 Å². The maximum atomic E-state index is 12.0. The van der Waals surface area contributed by atoms with E-state index in [0.29, 0.717) is 18.0 Å². The van der Waals surface area contributed by atoms with E-state index in [-0.39, 0.29) is 25.4 Å². The van der Waals surface area contributed by atoms with Gasteiger partial charge in [-0.1, -0.05) is 12.1 Å². The van der Waals surface area contributed by atoms with Crippen molar-refractivity contribution in [1.29, 1.82) is 0 Å². The highest BCUT2D eigenvalue weighted by atomic mass is 16.5. The first-order chi connectivity index (χ1) is 10.1. The van der Waals surface area contributed by atoms with Crippen LogP contribution in [0, 0.1) is 0 Å². The molecule has 1 aromatic rings. The third-order valence-corrected chi connectivity index (χ3v) is 2.80. The van der Waals surface area contributed by atoms with Crippen molar-refractivity contribution >= 4 is 23.3 Å². The van der Waals surface area contributed by atoms with E-state index < -0.39 is 12.0 Å². The predicted octanol–water partition coefficient (Wildman–Crippen LogP) is 1.96. The molecule has 3 N–H and O–H groups in total. The number of ether oxygens (including phenoxy) is 2. The summed E-state index contributed by atoms with van der Waals surface area (Å²) in [6, 6.07) is 6.48. The first-order valence-electron chi connectivity index (χ1n) is 7.01. The molecule has 0 fully saturated rings. The minimum absolute atomic E-state index is 0.136. The number of carbonyl (C=O) groups is 2. The monoisotopic (exact) mass is 294 g/mol. The minimum atomic E-state index is -0.640. The number of nitrogen functional groups attached to an aromatic ring is 1. The number of carbonyl (C=O) groups excluding carboxylic acids is 2. The van der Waals surface area contributed by atoms with Gasteiger partial charge in [0.1, 0.15) is 6.04 Å². The Balaban J connectivity index is 2.71. The van der Waals surface area contributed by atoms with Gasteiger partial charge in [-0.25, -0.2) is 4.79 Å². The highest BCUT2D eigenvalue weighted by molar-refractivity contribution is 5.82. The predicted molar refractivity (Wildman–Crippen MR) is 80.8 cm³/mol. The molecule has 0 aromatic heterocycles. The second-order valence-corrected chi connectivity index (χ2v) is 4.38. The number of nitrogens with one attached hydrogen (secondary N) is 1. The molecular formula is C15H22N2O4. The van der Waals surface area contributed by atoms with Gasteiger partial charge in [0.05, 0.1) is 24.6 Å². The molecule has 0 radical (unpaired) electrons. The van der Waals surface area contributed by atoms with E-state index in [1.165, 1.54) is 0 Å². The summed E-state index contributed by atoms with van der Waals surface area (Å²) in [6.45, 7) is 4.07. The minimum Gasteiger partial charge on any atom is -0.466 e. The van der Waals surface area contributed by atoms with Crippen molar-refractivity contribution in [3.63, 3.8) is 0 Å². The third kappa shape index (κ3) is 5.72. The summed E-state index contributed by atoms with van der Waals surface area (Å²) in [5.41, 5.74) is 7.01. The van der Waals surface area contributed by atoms with Crippen molar-refractivity contribution in [3.8, 4) is 0 Å². The molecule has 0 bridgehead atoms. The van der Waals surface area contributed by atoms with Crippen LogP contribution in [0.15, 0.2) is 24.3 Å². The molecule has 0 aliphatic heterocycles. The van der Waals surface area contributed by atoms with Gasteiger partial charge in [0.25, 0.3) is 0 Å². The number of benzene rings is 1. The lowest BCUT2D eigenvalue weighted by Crippen LogP contribution is -2.32. The zero-order valence-electron chi connectivity index (χ0n) is 12.4. The van der Waals surface area contributed by atoms with Crippen molar-refractivity contribution in [2.45, 2.75) is 32.7 Å². The lowest BCUT2D eigenvalue weighted by Gasteiger charge is -2.19. The fourth-order valence-corrected chi connectivity index (χ4v) is 1.80. The number of esters is 2. The maximum absolute atomic E-state index is 12.0. The van der Waals surface area contributed by atoms with Crippen LogP contribution in [0.1, 0.15) is 26.7 Å². The molecule has 0 aliphatic rings. The maximum Gasteiger partial charge on any atom is 0.328 e. The highest BCUT2D eigenvalue weighted by Crippen LogP contribution is 2.19. The quantitative estimate of drug-likeness (QED) is 0.562. The van der Waals surface area contributed by atoms with Gasteiger partial charge in [-0.05, 0) is 32.4 Å². The van der Waals surface area contributed by atoms with Crippen LogP contribution in [-0.2, 0) is 19.1 Å². The van der Waals surface area contributed by atoms with Gasteiger partial charge < -0.3 is 20.5 Å². The molecule has 0 saturated heterocycles. The number of nitrogens with two attached hydrogens (primary N) is 1. The van der Waals surface area contributed by atoms with Crippen LogP contribution in [0.2, 0.25) is 0 Å². The summed E-state index contributed by atoms with van der Waals surface area (Å²) in [5, 5.41) is 3.02. The van der Waals surface area contributed by atoms with Crippen molar-refractivity contribution in [2.24, 2.45) is 0 Å². The molecule has 1 atom stereocenters. The Morgan fingerprint density at radius 1 is 1.19 bits per heavy atom. The third-order valence-electron chi connectivity index (χ3n) is 2.80. The second-order valence-electron chi connectivity index (χ2n) is 4.38. The van der Waals surface area contributed by atoms with Crippen LogP contribution in [0.4, 0.5) is 11.4 Å². The number of hydrogen-bond acceptors (Lipinski definition) is 6. The average molecular weight is 294 g/mol. The number of hydrogen-bond donors (Lipinski definition) is 2. The smallest absolute Gasteiger partial charge is 0.328 e. The van der Waals surface area contributed by atoms with E-state index in [9.17, 15) is 9.59 Å². The largest absolute Gasteiger partial charge is 0.466 e. The summed E-state index contributed by atoms with van der Waals surface area (Å²) in [4.78, 5) is 23.4. The molecule has 0 heterocycles. The molecule has 6 heteroatoms. The molecule has 116 valence electrons. The number of para-hydroxylation sites is 2. The van der Waals surface area contributed by atoms with Crippen molar-refractivity contribution < 1.29 is 19.1 Å². The van der Waals surface area contributed by atoms with Gasteiger partial charge in [-0.15, -0.1) is 0 Å². The molecule has 0 unspecified atom stereocenters. The Bertz CT molecular complexity index is 476. The Morgan fingerprint density at radius 2 is 1.86 bits per heavy atom. The Kier molecular flexibility index (Phi) is 7.08. The molecule has 0 amide bonds. The average Bonchev–Trinajstić information content (AvgIpc) is 2.45. The normalized spacial score (nSPS) is 11.5. The lowest BCUT2D eigenvalue weighted by molar-refractivity contribution is -0.145. The van der Waals surface area contributed by atoms with E-state index in [2.05, 4.69) is 5.32 Å². The molecule has 1 rings (SSSR count). The molecule has 6 nitrogen and oxygen atoms in total. The van der Waals surface area contributed by atoms with Crippen LogP contribution in [-0.4, -0.2) is 31.2 Å². The molecule has 0 saturated carbocycles. The highest BCUT2D eigenvalue weighted by Gasteiger charge is 2.21. The summed E-state index contributed by atoms with van der Waals surface area (Å²) >= 11 is 0. The molecule has 21 heavy (non-hydrogen) atoms. The van der Waals surface area contributed by atoms with Crippen LogP contribution >= 0.6 is 0 Å². The first-order valence-corrected chi connectivity index (χ1v) is 7.01. The van der Waals surface area contributed by atoms with Crippen LogP contribution in [0.25, 0.3) is 0 Å². The van der Waals surface area contributed by atoms with E-state index >= 15 is 0 Å². The van der Waals surface area contributed by atoms with Crippen LogP contribution in [0.5, 0.6) is 0 Å². The summed E-state index contributed by atoms with van der Waals surface area (Å²) < 4.78 is 9.88. The van der Waals surface area contributed by atoms with E-state index in [0.717, 1.165) is 0 Å². The zero-order chi connectivity index (χ0) is 15.7. The first kappa shape index (κ1) is 16.8. The van der Waals surface area contributed by atoms with Crippen molar-refractivity contribution in [1.82, 2.24) is 0 Å². The van der Waals surface area contributed by atoms with Gasteiger partial charge in [-0.3, -0.25) is 4.79 Å². The molecule has 0 aliphatic carbocycles. The molecule has 0 spiro atoms. The van der Waals surface area contributed by atoms with E-state index in [4.69, 9.17) is 15.2 Å². The second kappa shape index (κ2) is 8.84. The van der Waals surface area contributed by atoms with E-state index in [1.54, 1.807) is 32.0 Å².